The number of aliphatic carboxylic acids is 1. The number of aromatic nitrogens is 2. The van der Waals surface area contributed by atoms with Crippen molar-refractivity contribution >= 4 is 11.9 Å². The van der Waals surface area contributed by atoms with E-state index in [1.807, 2.05) is 0 Å². The minimum atomic E-state index is -0.802. The van der Waals surface area contributed by atoms with Crippen molar-refractivity contribution in [1.29, 1.82) is 0 Å². The van der Waals surface area contributed by atoms with E-state index in [-0.39, 0.29) is 11.8 Å². The third-order valence-electron chi connectivity index (χ3n) is 3.25. The van der Waals surface area contributed by atoms with Crippen LogP contribution in [0.15, 0.2) is 12.4 Å². The molecule has 6 nitrogen and oxygen atoms in total. The molecule has 2 rings (SSSR count). The largest absolute Gasteiger partial charge is 0.481 e. The van der Waals surface area contributed by atoms with Gasteiger partial charge in [-0.1, -0.05) is 6.92 Å². The highest BCUT2D eigenvalue weighted by atomic mass is 16.4. The van der Waals surface area contributed by atoms with Crippen LogP contribution in [0.2, 0.25) is 0 Å². The van der Waals surface area contributed by atoms with E-state index in [4.69, 9.17) is 5.11 Å². The lowest BCUT2D eigenvalue weighted by molar-refractivity contribution is -0.144. The van der Waals surface area contributed by atoms with Crippen LogP contribution in [0.1, 0.15) is 17.3 Å². The van der Waals surface area contributed by atoms with Crippen LogP contribution in [-0.2, 0) is 11.8 Å². The molecule has 0 bridgehead atoms. The molecular weight excluding hydrogens is 222 g/mol. The van der Waals surface area contributed by atoms with Crippen LogP contribution in [0.5, 0.6) is 0 Å². The maximum atomic E-state index is 11.9. The van der Waals surface area contributed by atoms with Crippen LogP contribution in [0, 0.1) is 11.8 Å². The third kappa shape index (κ3) is 2.15. The Labute approximate surface area is 98.8 Å². The van der Waals surface area contributed by atoms with Gasteiger partial charge in [0, 0.05) is 32.3 Å². The van der Waals surface area contributed by atoms with Crippen molar-refractivity contribution in [2.75, 3.05) is 13.1 Å². The summed E-state index contributed by atoms with van der Waals surface area (Å²) >= 11 is 0. The highest BCUT2D eigenvalue weighted by Crippen LogP contribution is 2.25. The van der Waals surface area contributed by atoms with E-state index < -0.39 is 11.9 Å². The van der Waals surface area contributed by atoms with Gasteiger partial charge in [-0.2, -0.15) is 5.10 Å². The molecule has 0 saturated carbocycles. The first kappa shape index (κ1) is 11.6. The van der Waals surface area contributed by atoms with Crippen LogP contribution in [-0.4, -0.2) is 44.8 Å². The van der Waals surface area contributed by atoms with Gasteiger partial charge in [-0.15, -0.1) is 0 Å². The summed E-state index contributed by atoms with van der Waals surface area (Å²) < 4.78 is 1.57. The van der Waals surface area contributed by atoms with Gasteiger partial charge in [-0.05, 0) is 0 Å². The second-order valence-electron chi connectivity index (χ2n) is 4.50. The van der Waals surface area contributed by atoms with Gasteiger partial charge in [0.25, 0.3) is 5.91 Å². The number of nitrogens with zero attached hydrogens (tertiary/aromatic N) is 3. The van der Waals surface area contributed by atoms with Gasteiger partial charge in [-0.3, -0.25) is 14.3 Å². The predicted molar refractivity (Wildman–Crippen MR) is 59.4 cm³/mol. The summed E-state index contributed by atoms with van der Waals surface area (Å²) in [4.78, 5) is 24.3. The molecule has 1 aliphatic heterocycles. The standard InChI is InChI=1S/C11H15N3O3/c1-7(11(16)17)9-5-14(6-9)10(15)8-3-12-13(2)4-8/h3-4,7,9H,5-6H2,1-2H3,(H,16,17). The Morgan fingerprint density at radius 3 is 2.65 bits per heavy atom. The molecule has 92 valence electrons. The molecule has 1 fully saturated rings. The van der Waals surface area contributed by atoms with Crippen LogP contribution in [0.25, 0.3) is 0 Å². The van der Waals surface area contributed by atoms with Gasteiger partial charge >= 0.3 is 5.97 Å². The zero-order valence-corrected chi connectivity index (χ0v) is 9.83. The quantitative estimate of drug-likeness (QED) is 0.815. The van der Waals surface area contributed by atoms with Crippen molar-refractivity contribution < 1.29 is 14.7 Å². The Bertz CT molecular complexity index is 449. The number of hydrogen-bond donors (Lipinski definition) is 1. The van der Waals surface area contributed by atoms with Crippen molar-refractivity contribution in [2.24, 2.45) is 18.9 Å². The average Bonchev–Trinajstić information content (AvgIpc) is 2.62. The van der Waals surface area contributed by atoms with Gasteiger partial charge in [-0.25, -0.2) is 0 Å². The van der Waals surface area contributed by atoms with Crippen molar-refractivity contribution in [3.05, 3.63) is 18.0 Å². The lowest BCUT2D eigenvalue weighted by Crippen LogP contribution is -2.53. The number of hydrogen-bond acceptors (Lipinski definition) is 3. The minimum absolute atomic E-state index is 0.0631. The summed E-state index contributed by atoms with van der Waals surface area (Å²) in [6.45, 7) is 2.71. The summed E-state index contributed by atoms with van der Waals surface area (Å²) in [6, 6.07) is 0. The molecule has 2 heterocycles. The van der Waals surface area contributed by atoms with Crippen LogP contribution < -0.4 is 0 Å². The first-order valence-electron chi connectivity index (χ1n) is 5.49. The Morgan fingerprint density at radius 2 is 2.18 bits per heavy atom. The number of carboxylic acid groups (broad SMARTS) is 1. The predicted octanol–water partition coefficient (Wildman–Crippen LogP) is 0.213. The van der Waals surface area contributed by atoms with E-state index in [0.29, 0.717) is 18.7 Å². The zero-order chi connectivity index (χ0) is 12.6. The summed E-state index contributed by atoms with van der Waals surface area (Å²) in [5.74, 6) is -1.21. The van der Waals surface area contributed by atoms with E-state index >= 15 is 0 Å². The molecule has 0 aliphatic carbocycles. The van der Waals surface area contributed by atoms with Gasteiger partial charge < -0.3 is 10.0 Å². The Hall–Kier alpha value is -1.85. The van der Waals surface area contributed by atoms with E-state index in [1.54, 1.807) is 29.7 Å². The average molecular weight is 237 g/mol. The van der Waals surface area contributed by atoms with E-state index in [0.717, 1.165) is 0 Å². The molecule has 1 aliphatic rings. The molecular formula is C11H15N3O3. The van der Waals surface area contributed by atoms with Crippen molar-refractivity contribution in [3.8, 4) is 0 Å². The lowest BCUT2D eigenvalue weighted by atomic mass is 9.87. The molecule has 1 unspecified atom stereocenters. The fraction of sp³-hybridized carbons (Fsp3) is 0.545. The number of amides is 1. The number of carbonyl (C=O) groups is 2. The van der Waals surface area contributed by atoms with Crippen molar-refractivity contribution in [1.82, 2.24) is 14.7 Å². The van der Waals surface area contributed by atoms with Gasteiger partial charge in [0.05, 0.1) is 17.7 Å². The first-order valence-corrected chi connectivity index (χ1v) is 5.49. The summed E-state index contributed by atoms with van der Waals surface area (Å²) in [5, 5.41) is 12.8. The SMILES string of the molecule is CC(C(=O)O)C1CN(C(=O)c2cnn(C)c2)C1. The van der Waals surface area contributed by atoms with E-state index in [1.165, 1.54) is 6.20 Å². The topological polar surface area (TPSA) is 75.4 Å². The van der Waals surface area contributed by atoms with Gasteiger partial charge in [0.15, 0.2) is 0 Å². The van der Waals surface area contributed by atoms with E-state index in [2.05, 4.69) is 5.10 Å². The minimum Gasteiger partial charge on any atom is -0.481 e. The molecule has 1 N–H and O–H groups in total. The van der Waals surface area contributed by atoms with Crippen molar-refractivity contribution in [2.45, 2.75) is 6.92 Å². The number of carboxylic acids is 1. The molecule has 17 heavy (non-hydrogen) atoms. The molecule has 1 amide bonds. The smallest absolute Gasteiger partial charge is 0.306 e. The lowest BCUT2D eigenvalue weighted by Gasteiger charge is -2.41. The third-order valence-corrected chi connectivity index (χ3v) is 3.25. The molecule has 1 aromatic rings. The molecule has 0 spiro atoms. The highest BCUT2D eigenvalue weighted by molar-refractivity contribution is 5.94. The maximum Gasteiger partial charge on any atom is 0.306 e. The first-order chi connectivity index (χ1) is 7.99. The summed E-state index contributed by atoms with van der Waals surface area (Å²) in [7, 11) is 1.75. The second-order valence-corrected chi connectivity index (χ2v) is 4.50. The highest BCUT2D eigenvalue weighted by Gasteiger charge is 2.37. The normalized spacial score (nSPS) is 17.6. The monoisotopic (exact) mass is 237 g/mol. The fourth-order valence-electron chi connectivity index (χ4n) is 1.91. The Balaban J connectivity index is 1.92. The summed E-state index contributed by atoms with van der Waals surface area (Å²) in [5.41, 5.74) is 0.550. The number of rotatable bonds is 3. The molecule has 0 radical (unpaired) electrons. The summed E-state index contributed by atoms with van der Waals surface area (Å²) in [6.07, 6.45) is 3.19. The van der Waals surface area contributed by atoms with E-state index in [9.17, 15) is 9.59 Å². The molecule has 1 saturated heterocycles. The Kier molecular flexibility index (Phi) is 2.87. The van der Waals surface area contributed by atoms with Crippen LogP contribution >= 0.6 is 0 Å². The van der Waals surface area contributed by atoms with Crippen molar-refractivity contribution in [3.63, 3.8) is 0 Å². The second kappa shape index (κ2) is 4.20. The molecule has 6 heteroatoms. The zero-order valence-electron chi connectivity index (χ0n) is 9.83. The van der Waals surface area contributed by atoms with Crippen LogP contribution in [0.3, 0.4) is 0 Å². The van der Waals surface area contributed by atoms with Gasteiger partial charge in [0.2, 0.25) is 0 Å². The fourth-order valence-corrected chi connectivity index (χ4v) is 1.91. The van der Waals surface area contributed by atoms with Gasteiger partial charge in [0.1, 0.15) is 0 Å². The Morgan fingerprint density at radius 1 is 1.53 bits per heavy atom. The molecule has 0 aromatic carbocycles. The molecule has 1 aromatic heterocycles. The number of likely N-dealkylation sites (tertiary alicyclic amines) is 1. The molecule has 1 atom stereocenters. The van der Waals surface area contributed by atoms with Crippen LogP contribution in [0.4, 0.5) is 0 Å². The maximum absolute atomic E-state index is 11.9. The number of carbonyl (C=O) groups excluding carboxylic acids is 1. The number of aryl methyl sites for hydroxylation is 1.